The third-order valence-electron chi connectivity index (χ3n) is 4.18. The fourth-order valence-electron chi connectivity index (χ4n) is 2.80. The van der Waals surface area contributed by atoms with Gasteiger partial charge in [0.25, 0.3) is 5.91 Å². The fraction of sp³-hybridized carbons (Fsp3) is 0.0500. The van der Waals surface area contributed by atoms with Crippen LogP contribution in [0.4, 0.5) is 0 Å². The van der Waals surface area contributed by atoms with E-state index in [0.29, 0.717) is 17.1 Å². The zero-order valence-corrected chi connectivity index (χ0v) is 14.5. The molecule has 0 fully saturated rings. The van der Waals surface area contributed by atoms with Gasteiger partial charge in [-0.15, -0.1) is 0 Å². The van der Waals surface area contributed by atoms with E-state index >= 15 is 0 Å². The normalized spacial score (nSPS) is 10.8. The average Bonchev–Trinajstić information content (AvgIpc) is 3.11. The number of nitrogens with zero attached hydrogens (tertiary/aromatic N) is 2. The van der Waals surface area contributed by atoms with Gasteiger partial charge >= 0.3 is 0 Å². The predicted molar refractivity (Wildman–Crippen MR) is 102 cm³/mol. The molecular formula is C20H15ClN4O. The third-order valence-corrected chi connectivity index (χ3v) is 4.54. The van der Waals surface area contributed by atoms with Crippen molar-refractivity contribution in [1.29, 1.82) is 0 Å². The van der Waals surface area contributed by atoms with Gasteiger partial charge in [0, 0.05) is 40.5 Å². The van der Waals surface area contributed by atoms with Crippen LogP contribution in [0.25, 0.3) is 22.2 Å². The number of fused-ring (bicyclic) bond motifs is 1. The van der Waals surface area contributed by atoms with Crippen LogP contribution in [0.5, 0.6) is 0 Å². The molecule has 2 aromatic heterocycles. The number of amides is 1. The lowest BCUT2D eigenvalue weighted by molar-refractivity contribution is 0.0951. The van der Waals surface area contributed by atoms with E-state index in [2.05, 4.69) is 20.5 Å². The molecule has 0 radical (unpaired) electrons. The molecule has 4 rings (SSSR count). The van der Waals surface area contributed by atoms with Crippen molar-refractivity contribution in [3.8, 4) is 11.3 Å². The van der Waals surface area contributed by atoms with Crippen LogP contribution in [0, 0.1) is 0 Å². The largest absolute Gasteiger partial charge is 0.348 e. The van der Waals surface area contributed by atoms with Crippen LogP contribution in [0.3, 0.4) is 0 Å². The van der Waals surface area contributed by atoms with Crippen LogP contribution in [0.15, 0.2) is 67.0 Å². The summed E-state index contributed by atoms with van der Waals surface area (Å²) in [5.74, 6) is -0.159. The van der Waals surface area contributed by atoms with Gasteiger partial charge in [0.15, 0.2) is 0 Å². The number of aromatic amines is 1. The molecule has 5 nitrogen and oxygen atoms in total. The highest BCUT2D eigenvalue weighted by molar-refractivity contribution is 6.31. The number of hydrogen-bond acceptors (Lipinski definition) is 3. The van der Waals surface area contributed by atoms with E-state index in [-0.39, 0.29) is 5.91 Å². The van der Waals surface area contributed by atoms with Crippen molar-refractivity contribution in [2.45, 2.75) is 6.54 Å². The summed E-state index contributed by atoms with van der Waals surface area (Å²) < 4.78 is 0. The highest BCUT2D eigenvalue weighted by Crippen LogP contribution is 2.26. The average molecular weight is 363 g/mol. The number of nitrogens with one attached hydrogen (secondary N) is 2. The van der Waals surface area contributed by atoms with Gasteiger partial charge < -0.3 is 5.32 Å². The van der Waals surface area contributed by atoms with Crippen molar-refractivity contribution in [2.75, 3.05) is 0 Å². The number of rotatable bonds is 4. The summed E-state index contributed by atoms with van der Waals surface area (Å²) in [4.78, 5) is 16.6. The first kappa shape index (κ1) is 16.3. The number of aromatic nitrogens is 3. The fourth-order valence-corrected chi connectivity index (χ4v) is 3.01. The zero-order chi connectivity index (χ0) is 17.9. The first-order valence-electron chi connectivity index (χ1n) is 8.12. The lowest BCUT2D eigenvalue weighted by Crippen LogP contribution is -2.22. The summed E-state index contributed by atoms with van der Waals surface area (Å²) >= 11 is 6.14. The van der Waals surface area contributed by atoms with Crippen molar-refractivity contribution in [3.05, 3.63) is 83.1 Å². The van der Waals surface area contributed by atoms with Crippen LogP contribution in [-0.2, 0) is 6.54 Å². The molecule has 0 aliphatic carbocycles. The SMILES string of the molecule is O=C(NCc1ccccc1Cl)c1ccc2[nH]nc(-c3ccncc3)c2c1. The molecule has 1 amide bonds. The minimum atomic E-state index is -0.159. The third kappa shape index (κ3) is 3.17. The maximum Gasteiger partial charge on any atom is 0.251 e. The minimum Gasteiger partial charge on any atom is -0.348 e. The standard InChI is InChI=1S/C20H15ClN4O/c21-17-4-2-1-3-15(17)12-23-20(26)14-5-6-18-16(11-14)19(25-24-18)13-7-9-22-10-8-13/h1-11H,12H2,(H,23,26)(H,24,25). The van der Waals surface area contributed by atoms with Crippen molar-refractivity contribution in [2.24, 2.45) is 0 Å². The van der Waals surface area contributed by atoms with E-state index < -0.39 is 0 Å². The van der Waals surface area contributed by atoms with Gasteiger partial charge in [0.1, 0.15) is 5.69 Å². The van der Waals surface area contributed by atoms with Gasteiger partial charge in [0.05, 0.1) is 5.52 Å². The molecular weight excluding hydrogens is 348 g/mol. The first-order valence-corrected chi connectivity index (χ1v) is 8.50. The molecule has 2 heterocycles. The zero-order valence-electron chi connectivity index (χ0n) is 13.7. The van der Waals surface area contributed by atoms with Gasteiger partial charge in [-0.25, -0.2) is 0 Å². The minimum absolute atomic E-state index is 0.159. The first-order chi connectivity index (χ1) is 12.7. The summed E-state index contributed by atoms with van der Waals surface area (Å²) in [7, 11) is 0. The Labute approximate surface area is 155 Å². The van der Waals surface area contributed by atoms with Crippen LogP contribution in [-0.4, -0.2) is 21.1 Å². The Morgan fingerprint density at radius 2 is 1.88 bits per heavy atom. The number of halogens is 1. The molecule has 0 saturated carbocycles. The van der Waals surface area contributed by atoms with Crippen molar-refractivity contribution in [3.63, 3.8) is 0 Å². The molecule has 128 valence electrons. The van der Waals surface area contributed by atoms with E-state index in [1.54, 1.807) is 18.5 Å². The quantitative estimate of drug-likeness (QED) is 0.571. The second-order valence-electron chi connectivity index (χ2n) is 5.84. The summed E-state index contributed by atoms with van der Waals surface area (Å²) in [6.07, 6.45) is 3.44. The van der Waals surface area contributed by atoms with E-state index in [1.807, 2.05) is 48.5 Å². The van der Waals surface area contributed by atoms with Gasteiger partial charge in [-0.05, 0) is 42.0 Å². The lowest BCUT2D eigenvalue weighted by Gasteiger charge is -2.07. The molecule has 0 saturated heterocycles. The van der Waals surface area contributed by atoms with Gasteiger partial charge in [-0.2, -0.15) is 5.10 Å². The number of H-pyrrole nitrogens is 1. The number of benzene rings is 2. The molecule has 4 aromatic rings. The molecule has 26 heavy (non-hydrogen) atoms. The molecule has 0 aliphatic rings. The van der Waals surface area contributed by atoms with Gasteiger partial charge in [-0.3, -0.25) is 14.9 Å². The summed E-state index contributed by atoms with van der Waals surface area (Å²) in [6, 6.07) is 16.7. The van der Waals surface area contributed by atoms with E-state index in [1.165, 1.54) is 0 Å². The van der Waals surface area contributed by atoms with Gasteiger partial charge in [0.2, 0.25) is 0 Å². The van der Waals surface area contributed by atoms with E-state index in [4.69, 9.17) is 11.6 Å². The summed E-state index contributed by atoms with van der Waals surface area (Å²) in [5, 5.41) is 11.8. The number of pyridine rings is 1. The molecule has 0 spiro atoms. The maximum absolute atomic E-state index is 12.5. The molecule has 0 unspecified atom stereocenters. The highest BCUT2D eigenvalue weighted by Gasteiger charge is 2.12. The molecule has 0 bridgehead atoms. The van der Waals surface area contributed by atoms with Crippen molar-refractivity contribution < 1.29 is 4.79 Å². The highest BCUT2D eigenvalue weighted by atomic mass is 35.5. The topological polar surface area (TPSA) is 70.7 Å². The monoisotopic (exact) mass is 362 g/mol. The maximum atomic E-state index is 12.5. The molecule has 2 N–H and O–H groups in total. The van der Waals surface area contributed by atoms with Gasteiger partial charge in [-0.1, -0.05) is 29.8 Å². The second kappa shape index (κ2) is 6.98. The van der Waals surface area contributed by atoms with E-state index in [9.17, 15) is 4.79 Å². The Hall–Kier alpha value is -3.18. The van der Waals surface area contributed by atoms with Crippen molar-refractivity contribution >= 4 is 28.4 Å². The van der Waals surface area contributed by atoms with Crippen LogP contribution < -0.4 is 5.32 Å². The van der Waals surface area contributed by atoms with Crippen LogP contribution in [0.1, 0.15) is 15.9 Å². The molecule has 6 heteroatoms. The molecule has 0 atom stereocenters. The molecule has 2 aromatic carbocycles. The lowest BCUT2D eigenvalue weighted by atomic mass is 10.1. The Morgan fingerprint density at radius 1 is 1.08 bits per heavy atom. The van der Waals surface area contributed by atoms with Crippen molar-refractivity contribution in [1.82, 2.24) is 20.5 Å². The smallest absolute Gasteiger partial charge is 0.251 e. The Balaban J connectivity index is 1.60. The van der Waals surface area contributed by atoms with Crippen LogP contribution in [0.2, 0.25) is 5.02 Å². The van der Waals surface area contributed by atoms with Crippen LogP contribution >= 0.6 is 11.6 Å². The second-order valence-corrected chi connectivity index (χ2v) is 6.25. The Bertz CT molecular complexity index is 1080. The number of carbonyl (C=O) groups is 1. The summed E-state index contributed by atoms with van der Waals surface area (Å²) in [5.41, 5.74) is 4.06. The number of hydrogen-bond donors (Lipinski definition) is 2. The predicted octanol–water partition coefficient (Wildman–Crippen LogP) is 4.21. The number of carbonyl (C=O) groups excluding carboxylic acids is 1. The Morgan fingerprint density at radius 3 is 2.69 bits per heavy atom. The Kier molecular flexibility index (Phi) is 4.37. The summed E-state index contributed by atoms with van der Waals surface area (Å²) in [6.45, 7) is 0.374. The molecule has 0 aliphatic heterocycles. The van der Waals surface area contributed by atoms with E-state index in [0.717, 1.165) is 27.7 Å².